The summed E-state index contributed by atoms with van der Waals surface area (Å²) in [6.45, 7) is 2.49. The number of hydrogen-bond donors (Lipinski definition) is 2. The van der Waals surface area contributed by atoms with E-state index in [0.29, 0.717) is 40.2 Å². The number of carbonyl (C=O) groups excluding carboxylic acids is 2. The van der Waals surface area contributed by atoms with Gasteiger partial charge in [-0.25, -0.2) is 4.98 Å². The third-order valence-corrected chi connectivity index (χ3v) is 5.02. The van der Waals surface area contributed by atoms with Crippen molar-refractivity contribution in [1.29, 1.82) is 0 Å². The van der Waals surface area contributed by atoms with Crippen molar-refractivity contribution in [1.82, 2.24) is 4.98 Å². The molecule has 162 valence electrons. The average molecular weight is 442 g/mol. The fourth-order valence-corrected chi connectivity index (χ4v) is 3.47. The van der Waals surface area contributed by atoms with Gasteiger partial charge in [0, 0.05) is 16.6 Å². The molecule has 0 fully saturated rings. The SMILES string of the molecule is CCOc1ccc(NC(=O)Cc2csc(NC(=O)c3ccc(OC)c(OC)c3)n2)cc1. The van der Waals surface area contributed by atoms with E-state index in [1.807, 2.05) is 6.92 Å². The lowest BCUT2D eigenvalue weighted by Crippen LogP contribution is -2.15. The van der Waals surface area contributed by atoms with Gasteiger partial charge < -0.3 is 19.5 Å². The molecule has 8 nitrogen and oxygen atoms in total. The first-order valence-corrected chi connectivity index (χ1v) is 10.4. The summed E-state index contributed by atoms with van der Waals surface area (Å²) in [4.78, 5) is 29.1. The fraction of sp³-hybridized carbons (Fsp3) is 0.227. The summed E-state index contributed by atoms with van der Waals surface area (Å²) in [6, 6.07) is 12.0. The molecule has 1 aromatic heterocycles. The molecule has 0 aliphatic heterocycles. The van der Waals surface area contributed by atoms with Gasteiger partial charge in [-0.1, -0.05) is 0 Å². The molecule has 2 aromatic carbocycles. The number of benzene rings is 2. The minimum atomic E-state index is -0.333. The van der Waals surface area contributed by atoms with Crippen molar-refractivity contribution >= 4 is 34.0 Å². The number of thiazole rings is 1. The summed E-state index contributed by atoms with van der Waals surface area (Å²) in [5.41, 5.74) is 1.64. The van der Waals surface area contributed by atoms with Crippen LogP contribution in [0.25, 0.3) is 0 Å². The van der Waals surface area contributed by atoms with E-state index in [2.05, 4.69) is 15.6 Å². The van der Waals surface area contributed by atoms with E-state index in [-0.39, 0.29) is 18.2 Å². The van der Waals surface area contributed by atoms with Crippen LogP contribution in [0.2, 0.25) is 0 Å². The van der Waals surface area contributed by atoms with E-state index in [9.17, 15) is 9.59 Å². The van der Waals surface area contributed by atoms with Crippen LogP contribution in [0.1, 0.15) is 23.0 Å². The normalized spacial score (nSPS) is 10.3. The smallest absolute Gasteiger partial charge is 0.257 e. The molecule has 2 N–H and O–H groups in total. The van der Waals surface area contributed by atoms with Crippen LogP contribution >= 0.6 is 11.3 Å². The van der Waals surface area contributed by atoms with Crippen LogP contribution in [0.5, 0.6) is 17.2 Å². The third-order valence-electron chi connectivity index (χ3n) is 4.21. The number of carbonyl (C=O) groups is 2. The maximum Gasteiger partial charge on any atom is 0.257 e. The van der Waals surface area contributed by atoms with Gasteiger partial charge in [-0.15, -0.1) is 11.3 Å². The van der Waals surface area contributed by atoms with Crippen LogP contribution in [0.15, 0.2) is 47.8 Å². The molecule has 0 saturated carbocycles. The molecule has 3 aromatic rings. The second kappa shape index (κ2) is 10.4. The Kier molecular flexibility index (Phi) is 7.45. The molecule has 0 unspecified atom stereocenters. The lowest BCUT2D eigenvalue weighted by atomic mass is 10.2. The first-order valence-electron chi connectivity index (χ1n) is 9.53. The largest absolute Gasteiger partial charge is 0.494 e. The predicted molar refractivity (Wildman–Crippen MR) is 120 cm³/mol. The molecular weight excluding hydrogens is 418 g/mol. The number of amides is 2. The molecule has 31 heavy (non-hydrogen) atoms. The van der Waals surface area contributed by atoms with E-state index in [1.54, 1.807) is 47.8 Å². The third kappa shape index (κ3) is 5.95. The molecule has 0 radical (unpaired) electrons. The van der Waals surface area contributed by atoms with Gasteiger partial charge in [-0.2, -0.15) is 0 Å². The molecular formula is C22H23N3O5S. The molecule has 0 spiro atoms. The molecule has 2 amide bonds. The van der Waals surface area contributed by atoms with Gasteiger partial charge in [0.1, 0.15) is 5.75 Å². The van der Waals surface area contributed by atoms with Gasteiger partial charge in [0.25, 0.3) is 5.91 Å². The van der Waals surface area contributed by atoms with Crippen LogP contribution < -0.4 is 24.8 Å². The Bertz CT molecular complexity index is 1050. The molecule has 0 saturated heterocycles. The Morgan fingerprint density at radius 2 is 1.74 bits per heavy atom. The van der Waals surface area contributed by atoms with Crippen molar-refractivity contribution < 1.29 is 23.8 Å². The van der Waals surface area contributed by atoms with Crippen molar-refractivity contribution in [3.05, 3.63) is 59.1 Å². The molecule has 1 heterocycles. The summed E-state index contributed by atoms with van der Waals surface area (Å²) >= 11 is 1.25. The zero-order valence-corrected chi connectivity index (χ0v) is 18.2. The number of nitrogens with zero attached hydrogens (tertiary/aromatic N) is 1. The fourth-order valence-electron chi connectivity index (χ4n) is 2.76. The lowest BCUT2D eigenvalue weighted by Gasteiger charge is -2.09. The summed E-state index contributed by atoms with van der Waals surface area (Å²) in [6.07, 6.45) is 0.0932. The number of aromatic nitrogens is 1. The van der Waals surface area contributed by atoms with Gasteiger partial charge in [-0.05, 0) is 49.4 Å². The maximum atomic E-state index is 12.5. The zero-order valence-electron chi connectivity index (χ0n) is 17.4. The van der Waals surface area contributed by atoms with Crippen molar-refractivity contribution in [2.45, 2.75) is 13.3 Å². The standard InChI is InChI=1S/C22H23N3O5S/c1-4-30-17-8-6-15(7-9-17)23-20(26)12-16-13-31-22(24-16)25-21(27)14-5-10-18(28-2)19(11-14)29-3/h5-11,13H,4,12H2,1-3H3,(H,23,26)(H,24,25,27). The van der Waals surface area contributed by atoms with Crippen LogP contribution in [0, 0.1) is 0 Å². The van der Waals surface area contributed by atoms with Gasteiger partial charge in [-0.3, -0.25) is 14.9 Å². The molecule has 0 aliphatic rings. The maximum absolute atomic E-state index is 12.5. The highest BCUT2D eigenvalue weighted by molar-refractivity contribution is 7.14. The summed E-state index contributed by atoms with van der Waals surface area (Å²) in [5.74, 6) is 1.21. The predicted octanol–water partition coefficient (Wildman–Crippen LogP) is 3.99. The Balaban J connectivity index is 1.57. The van der Waals surface area contributed by atoms with Gasteiger partial charge >= 0.3 is 0 Å². The van der Waals surface area contributed by atoms with E-state index in [4.69, 9.17) is 14.2 Å². The minimum Gasteiger partial charge on any atom is -0.494 e. The number of ether oxygens (including phenoxy) is 3. The zero-order chi connectivity index (χ0) is 22.2. The summed E-state index contributed by atoms with van der Waals surface area (Å²) < 4.78 is 15.8. The molecule has 0 bridgehead atoms. The van der Waals surface area contributed by atoms with E-state index in [1.165, 1.54) is 25.6 Å². The Hall–Kier alpha value is -3.59. The first-order chi connectivity index (χ1) is 15.0. The minimum absolute atomic E-state index is 0.0932. The Morgan fingerprint density at radius 3 is 2.42 bits per heavy atom. The highest BCUT2D eigenvalue weighted by Crippen LogP contribution is 2.28. The van der Waals surface area contributed by atoms with E-state index in [0.717, 1.165) is 5.75 Å². The van der Waals surface area contributed by atoms with Crippen LogP contribution in [0.4, 0.5) is 10.8 Å². The molecule has 9 heteroatoms. The molecule has 0 atom stereocenters. The monoisotopic (exact) mass is 441 g/mol. The summed E-state index contributed by atoms with van der Waals surface area (Å²) in [7, 11) is 3.03. The van der Waals surface area contributed by atoms with Crippen LogP contribution in [0.3, 0.4) is 0 Å². The van der Waals surface area contributed by atoms with E-state index < -0.39 is 0 Å². The Morgan fingerprint density at radius 1 is 1.00 bits per heavy atom. The second-order valence-corrected chi connectivity index (χ2v) is 7.21. The Labute approximate surface area is 184 Å². The van der Waals surface area contributed by atoms with Gasteiger partial charge in [0.2, 0.25) is 5.91 Å². The lowest BCUT2D eigenvalue weighted by molar-refractivity contribution is -0.115. The van der Waals surface area contributed by atoms with Crippen LogP contribution in [-0.2, 0) is 11.2 Å². The summed E-state index contributed by atoms with van der Waals surface area (Å²) in [5, 5.41) is 7.70. The average Bonchev–Trinajstić information content (AvgIpc) is 3.21. The van der Waals surface area contributed by atoms with Gasteiger partial charge in [0.05, 0.1) is 32.9 Å². The number of rotatable bonds is 9. The van der Waals surface area contributed by atoms with Gasteiger partial charge in [0.15, 0.2) is 16.6 Å². The quantitative estimate of drug-likeness (QED) is 0.521. The number of nitrogens with one attached hydrogen (secondary N) is 2. The van der Waals surface area contributed by atoms with Crippen LogP contribution in [-0.4, -0.2) is 37.6 Å². The highest BCUT2D eigenvalue weighted by Gasteiger charge is 2.14. The topological polar surface area (TPSA) is 98.8 Å². The molecule has 3 rings (SSSR count). The van der Waals surface area contributed by atoms with Crippen molar-refractivity contribution in [2.75, 3.05) is 31.5 Å². The number of anilines is 2. The van der Waals surface area contributed by atoms with E-state index >= 15 is 0 Å². The van der Waals surface area contributed by atoms with Crippen molar-refractivity contribution in [2.24, 2.45) is 0 Å². The number of methoxy groups -OCH3 is 2. The highest BCUT2D eigenvalue weighted by atomic mass is 32.1. The van der Waals surface area contributed by atoms with Crippen molar-refractivity contribution in [3.8, 4) is 17.2 Å². The van der Waals surface area contributed by atoms with Crippen molar-refractivity contribution in [3.63, 3.8) is 0 Å². The second-order valence-electron chi connectivity index (χ2n) is 6.35. The molecule has 0 aliphatic carbocycles. The number of hydrogen-bond acceptors (Lipinski definition) is 7. The first kappa shape index (κ1) is 22.1.